The molecule has 1 atom stereocenters. The minimum absolute atomic E-state index is 0.161. The second-order valence-corrected chi connectivity index (χ2v) is 4.66. The summed E-state index contributed by atoms with van der Waals surface area (Å²) in [5.74, 6) is -0.803. The third-order valence-corrected chi connectivity index (χ3v) is 3.11. The van der Waals surface area contributed by atoms with Crippen molar-refractivity contribution in [2.75, 3.05) is 13.1 Å². The van der Waals surface area contributed by atoms with Crippen molar-refractivity contribution in [2.24, 2.45) is 17.4 Å². The number of aliphatic carboxylic acids is 1. The number of nitrogens with two attached hydrogens (primary N) is 2. The average Bonchev–Trinajstić information content (AvgIpc) is 2.31. The van der Waals surface area contributed by atoms with Crippen LogP contribution >= 0.6 is 0 Å². The summed E-state index contributed by atoms with van der Waals surface area (Å²) in [7, 11) is 0. The van der Waals surface area contributed by atoms with E-state index in [2.05, 4.69) is 0 Å². The lowest BCUT2D eigenvalue weighted by Crippen LogP contribution is -2.13. The Kier molecular flexibility index (Phi) is 11.4. The van der Waals surface area contributed by atoms with Crippen molar-refractivity contribution >= 4 is 5.97 Å². The van der Waals surface area contributed by atoms with Gasteiger partial charge in [-0.1, -0.05) is 32.1 Å². The van der Waals surface area contributed by atoms with Crippen molar-refractivity contribution in [2.45, 2.75) is 57.8 Å². The van der Waals surface area contributed by atoms with Crippen molar-refractivity contribution < 1.29 is 9.90 Å². The van der Waals surface area contributed by atoms with E-state index in [4.69, 9.17) is 16.6 Å². The molecule has 0 heterocycles. The Hall–Kier alpha value is -0.610. The number of hydrogen-bond donors (Lipinski definition) is 3. The van der Waals surface area contributed by atoms with E-state index in [0.717, 1.165) is 64.3 Å². The summed E-state index contributed by atoms with van der Waals surface area (Å²) in [6.45, 7) is 1.44. The Labute approximate surface area is 105 Å². The molecule has 5 N–H and O–H groups in total. The Bertz CT molecular complexity index is 186. The number of carbonyl (C=O) groups is 1. The molecule has 0 amide bonds. The van der Waals surface area contributed by atoms with E-state index in [-0.39, 0.29) is 5.92 Å². The number of carboxylic acid groups (broad SMARTS) is 1. The van der Waals surface area contributed by atoms with Crippen LogP contribution in [0.15, 0.2) is 0 Å². The maximum atomic E-state index is 11.0. The molecule has 0 spiro atoms. The van der Waals surface area contributed by atoms with Crippen molar-refractivity contribution in [3.8, 4) is 0 Å². The Balaban J connectivity index is 3.57. The standard InChI is InChI=1S/C13H28N2O2/c14-10-6-2-1-4-8-12(13(16)17)9-5-3-7-11-15/h12H,1-11,14-15H2,(H,16,17). The highest BCUT2D eigenvalue weighted by molar-refractivity contribution is 5.69. The monoisotopic (exact) mass is 244 g/mol. The third-order valence-electron chi connectivity index (χ3n) is 3.11. The van der Waals surface area contributed by atoms with Crippen LogP contribution in [-0.2, 0) is 4.79 Å². The molecule has 1 unspecified atom stereocenters. The zero-order valence-corrected chi connectivity index (χ0v) is 10.9. The first kappa shape index (κ1) is 16.4. The largest absolute Gasteiger partial charge is 0.481 e. The number of carboxylic acids is 1. The zero-order chi connectivity index (χ0) is 12.9. The molecule has 0 radical (unpaired) electrons. The lowest BCUT2D eigenvalue weighted by Gasteiger charge is -2.11. The number of hydrogen-bond acceptors (Lipinski definition) is 3. The van der Waals surface area contributed by atoms with Crippen LogP contribution < -0.4 is 11.5 Å². The molecule has 0 aromatic carbocycles. The molecule has 0 rings (SSSR count). The summed E-state index contributed by atoms with van der Waals surface area (Å²) in [6, 6.07) is 0. The van der Waals surface area contributed by atoms with E-state index in [1.54, 1.807) is 0 Å². The first-order chi connectivity index (χ1) is 8.22. The van der Waals surface area contributed by atoms with Crippen LogP contribution in [0.25, 0.3) is 0 Å². The van der Waals surface area contributed by atoms with Crippen molar-refractivity contribution in [3.05, 3.63) is 0 Å². The van der Waals surface area contributed by atoms with Gasteiger partial charge in [-0.3, -0.25) is 4.79 Å². The van der Waals surface area contributed by atoms with Gasteiger partial charge in [-0.2, -0.15) is 0 Å². The normalized spacial score (nSPS) is 12.6. The average molecular weight is 244 g/mol. The van der Waals surface area contributed by atoms with Gasteiger partial charge < -0.3 is 16.6 Å². The molecular formula is C13H28N2O2. The van der Waals surface area contributed by atoms with Gasteiger partial charge in [0, 0.05) is 0 Å². The van der Waals surface area contributed by atoms with Crippen molar-refractivity contribution in [1.82, 2.24) is 0 Å². The molecule has 0 aromatic rings. The number of unbranched alkanes of at least 4 members (excludes halogenated alkanes) is 5. The summed E-state index contributed by atoms with van der Waals surface area (Å²) < 4.78 is 0. The second kappa shape index (κ2) is 11.9. The van der Waals surface area contributed by atoms with E-state index in [9.17, 15) is 4.79 Å². The molecule has 4 heteroatoms. The second-order valence-electron chi connectivity index (χ2n) is 4.66. The summed E-state index contributed by atoms with van der Waals surface area (Å²) in [5.41, 5.74) is 10.8. The van der Waals surface area contributed by atoms with E-state index in [1.165, 1.54) is 0 Å². The smallest absolute Gasteiger partial charge is 0.306 e. The van der Waals surface area contributed by atoms with Gasteiger partial charge in [0.25, 0.3) is 0 Å². The van der Waals surface area contributed by atoms with Crippen LogP contribution in [0.1, 0.15) is 57.8 Å². The van der Waals surface area contributed by atoms with Gasteiger partial charge in [-0.05, 0) is 38.8 Å². The summed E-state index contributed by atoms with van der Waals surface area (Å²) >= 11 is 0. The minimum Gasteiger partial charge on any atom is -0.481 e. The van der Waals surface area contributed by atoms with Crippen LogP contribution in [0, 0.1) is 5.92 Å². The third kappa shape index (κ3) is 10.3. The van der Waals surface area contributed by atoms with Gasteiger partial charge in [0.05, 0.1) is 5.92 Å². The molecule has 102 valence electrons. The van der Waals surface area contributed by atoms with Crippen LogP contribution in [0.2, 0.25) is 0 Å². The molecule has 17 heavy (non-hydrogen) atoms. The fourth-order valence-corrected chi connectivity index (χ4v) is 1.99. The van der Waals surface area contributed by atoms with Gasteiger partial charge in [-0.25, -0.2) is 0 Å². The molecule has 0 bridgehead atoms. The lowest BCUT2D eigenvalue weighted by atomic mass is 9.95. The molecule has 0 saturated carbocycles. The number of rotatable bonds is 12. The Morgan fingerprint density at radius 2 is 1.24 bits per heavy atom. The van der Waals surface area contributed by atoms with Crippen molar-refractivity contribution in [1.29, 1.82) is 0 Å². The van der Waals surface area contributed by atoms with Gasteiger partial charge in [-0.15, -0.1) is 0 Å². The molecule has 0 aliphatic rings. The lowest BCUT2D eigenvalue weighted by molar-refractivity contribution is -0.142. The molecule has 0 saturated heterocycles. The van der Waals surface area contributed by atoms with Crippen molar-refractivity contribution in [3.63, 3.8) is 0 Å². The van der Waals surface area contributed by atoms with Gasteiger partial charge in [0.1, 0.15) is 0 Å². The topological polar surface area (TPSA) is 89.3 Å². The highest BCUT2D eigenvalue weighted by atomic mass is 16.4. The molecule has 0 fully saturated rings. The van der Waals surface area contributed by atoms with Gasteiger partial charge in [0.15, 0.2) is 0 Å². The molecule has 0 aliphatic heterocycles. The van der Waals surface area contributed by atoms with E-state index >= 15 is 0 Å². The first-order valence-corrected chi connectivity index (χ1v) is 6.85. The quantitative estimate of drug-likeness (QED) is 0.459. The zero-order valence-electron chi connectivity index (χ0n) is 10.9. The van der Waals surface area contributed by atoms with Gasteiger partial charge in [0.2, 0.25) is 0 Å². The summed E-state index contributed by atoms with van der Waals surface area (Å²) in [5, 5.41) is 9.09. The molecular weight excluding hydrogens is 216 g/mol. The maximum absolute atomic E-state index is 11.0. The predicted molar refractivity (Wildman–Crippen MR) is 70.8 cm³/mol. The van der Waals surface area contributed by atoms with Gasteiger partial charge >= 0.3 is 5.97 Å². The molecule has 4 nitrogen and oxygen atoms in total. The maximum Gasteiger partial charge on any atom is 0.306 e. The minimum atomic E-state index is -0.642. The highest BCUT2D eigenvalue weighted by Gasteiger charge is 2.15. The summed E-state index contributed by atoms with van der Waals surface area (Å²) in [6.07, 6.45) is 8.92. The molecule has 0 aliphatic carbocycles. The van der Waals surface area contributed by atoms with E-state index in [1.807, 2.05) is 0 Å². The van der Waals surface area contributed by atoms with Crippen LogP contribution in [-0.4, -0.2) is 24.2 Å². The fourth-order valence-electron chi connectivity index (χ4n) is 1.99. The van der Waals surface area contributed by atoms with E-state index in [0.29, 0.717) is 6.54 Å². The van der Waals surface area contributed by atoms with Crippen LogP contribution in [0.4, 0.5) is 0 Å². The Morgan fingerprint density at radius 1 is 0.824 bits per heavy atom. The van der Waals surface area contributed by atoms with E-state index < -0.39 is 5.97 Å². The Morgan fingerprint density at radius 3 is 1.65 bits per heavy atom. The predicted octanol–water partition coefficient (Wildman–Crippen LogP) is 2.12. The molecule has 0 aromatic heterocycles. The van der Waals surface area contributed by atoms with Crippen LogP contribution in [0.3, 0.4) is 0 Å². The van der Waals surface area contributed by atoms with Crippen LogP contribution in [0.5, 0.6) is 0 Å². The SMILES string of the molecule is NCCCCCCC(CCCCCN)C(=O)O. The first-order valence-electron chi connectivity index (χ1n) is 6.85. The highest BCUT2D eigenvalue weighted by Crippen LogP contribution is 2.18. The fraction of sp³-hybridized carbons (Fsp3) is 0.923. The summed E-state index contributed by atoms with van der Waals surface area (Å²) in [4.78, 5) is 11.0.